The van der Waals surface area contributed by atoms with E-state index in [9.17, 15) is 27.9 Å². The molecule has 1 aliphatic rings. The molecule has 0 atom stereocenters. The number of phenolic OH excluding ortho intramolecular Hbond substituents is 1. The number of halogens is 3. The van der Waals surface area contributed by atoms with Crippen molar-refractivity contribution >= 4 is 11.8 Å². The predicted octanol–water partition coefficient (Wildman–Crippen LogP) is 2.94. The van der Waals surface area contributed by atoms with Crippen LogP contribution in [0, 0.1) is 0 Å². The fourth-order valence-corrected chi connectivity index (χ4v) is 3.08. The standard InChI is InChI=1S/C20H19F3N2O3/c21-20(22,23)15-7-5-14(6-8-15)13-18(27)24-9-11-25(12-10-24)19(28)16-3-1-2-4-17(16)26/h1-8,26H,9-13H2. The number of phenols is 1. The number of para-hydroxylation sites is 1. The first-order chi connectivity index (χ1) is 13.3. The van der Waals surface area contributed by atoms with Crippen LogP contribution in [0.3, 0.4) is 0 Å². The van der Waals surface area contributed by atoms with Crippen molar-refractivity contribution in [1.82, 2.24) is 9.80 Å². The van der Waals surface area contributed by atoms with E-state index in [-0.39, 0.29) is 29.5 Å². The zero-order valence-electron chi connectivity index (χ0n) is 14.9. The molecule has 0 aromatic heterocycles. The summed E-state index contributed by atoms with van der Waals surface area (Å²) >= 11 is 0. The van der Waals surface area contributed by atoms with E-state index in [4.69, 9.17) is 0 Å². The average Bonchev–Trinajstić information content (AvgIpc) is 2.67. The quantitative estimate of drug-likeness (QED) is 0.874. The van der Waals surface area contributed by atoms with E-state index in [2.05, 4.69) is 0 Å². The van der Waals surface area contributed by atoms with E-state index in [0.717, 1.165) is 12.1 Å². The van der Waals surface area contributed by atoms with Crippen LogP contribution in [0.2, 0.25) is 0 Å². The summed E-state index contributed by atoms with van der Waals surface area (Å²) in [6, 6.07) is 10.8. The number of carbonyl (C=O) groups excluding carboxylic acids is 2. The van der Waals surface area contributed by atoms with Crippen LogP contribution in [0.5, 0.6) is 5.75 Å². The summed E-state index contributed by atoms with van der Waals surface area (Å²) in [7, 11) is 0. The van der Waals surface area contributed by atoms with Gasteiger partial charge in [0.1, 0.15) is 5.75 Å². The minimum Gasteiger partial charge on any atom is -0.507 e. The summed E-state index contributed by atoms with van der Waals surface area (Å²) in [5, 5.41) is 9.80. The van der Waals surface area contributed by atoms with E-state index in [1.54, 1.807) is 28.0 Å². The van der Waals surface area contributed by atoms with E-state index >= 15 is 0 Å². The van der Waals surface area contributed by atoms with Crippen LogP contribution >= 0.6 is 0 Å². The maximum atomic E-state index is 12.6. The van der Waals surface area contributed by atoms with Gasteiger partial charge < -0.3 is 14.9 Å². The van der Waals surface area contributed by atoms with Gasteiger partial charge in [-0.25, -0.2) is 0 Å². The lowest BCUT2D eigenvalue weighted by Gasteiger charge is -2.35. The summed E-state index contributed by atoms with van der Waals surface area (Å²) in [6.45, 7) is 1.31. The van der Waals surface area contributed by atoms with Crippen molar-refractivity contribution in [2.45, 2.75) is 12.6 Å². The van der Waals surface area contributed by atoms with Crippen LogP contribution < -0.4 is 0 Å². The summed E-state index contributed by atoms with van der Waals surface area (Å²) in [5.74, 6) is -0.587. The molecular weight excluding hydrogens is 373 g/mol. The summed E-state index contributed by atoms with van der Waals surface area (Å²) in [4.78, 5) is 28.0. The van der Waals surface area contributed by atoms with Gasteiger partial charge in [-0.05, 0) is 29.8 Å². The number of amides is 2. The van der Waals surface area contributed by atoms with Gasteiger partial charge in [0.2, 0.25) is 5.91 Å². The Balaban J connectivity index is 1.55. The smallest absolute Gasteiger partial charge is 0.416 e. The molecule has 0 radical (unpaired) electrons. The SMILES string of the molecule is O=C(Cc1ccc(C(F)(F)F)cc1)N1CCN(C(=O)c2ccccc2O)CC1. The predicted molar refractivity (Wildman–Crippen MR) is 95.7 cm³/mol. The minimum absolute atomic E-state index is 0.00551. The first-order valence-corrected chi connectivity index (χ1v) is 8.77. The molecule has 2 aromatic carbocycles. The first-order valence-electron chi connectivity index (χ1n) is 8.77. The van der Waals surface area contributed by atoms with E-state index < -0.39 is 11.7 Å². The summed E-state index contributed by atoms with van der Waals surface area (Å²) < 4.78 is 37.8. The van der Waals surface area contributed by atoms with Gasteiger partial charge in [-0.3, -0.25) is 9.59 Å². The molecule has 2 aromatic rings. The van der Waals surface area contributed by atoms with Gasteiger partial charge in [0.25, 0.3) is 5.91 Å². The maximum absolute atomic E-state index is 12.6. The Morgan fingerprint density at radius 1 is 0.893 bits per heavy atom. The Kier molecular flexibility index (Phi) is 5.58. The van der Waals surface area contributed by atoms with Crippen molar-refractivity contribution in [2.75, 3.05) is 26.2 Å². The monoisotopic (exact) mass is 392 g/mol. The molecule has 8 heteroatoms. The highest BCUT2D eigenvalue weighted by molar-refractivity contribution is 5.97. The zero-order chi connectivity index (χ0) is 20.3. The summed E-state index contributed by atoms with van der Waals surface area (Å²) in [5.41, 5.74) is -0.0299. The van der Waals surface area contributed by atoms with Crippen LogP contribution in [-0.4, -0.2) is 52.9 Å². The Morgan fingerprint density at radius 2 is 1.46 bits per heavy atom. The largest absolute Gasteiger partial charge is 0.507 e. The number of hydrogen-bond acceptors (Lipinski definition) is 3. The highest BCUT2D eigenvalue weighted by Crippen LogP contribution is 2.29. The molecule has 1 heterocycles. The lowest BCUT2D eigenvalue weighted by molar-refractivity contribution is -0.137. The molecular formula is C20H19F3N2O3. The Bertz CT molecular complexity index is 858. The van der Waals surface area contributed by atoms with Crippen molar-refractivity contribution in [2.24, 2.45) is 0 Å². The Morgan fingerprint density at radius 3 is 2.04 bits per heavy atom. The second-order valence-electron chi connectivity index (χ2n) is 6.56. The third-order valence-electron chi connectivity index (χ3n) is 4.69. The number of carbonyl (C=O) groups is 2. The van der Waals surface area contributed by atoms with Gasteiger partial charge in [-0.1, -0.05) is 24.3 Å². The lowest BCUT2D eigenvalue weighted by Crippen LogP contribution is -2.51. The molecule has 0 saturated carbocycles. The zero-order valence-corrected chi connectivity index (χ0v) is 14.9. The summed E-state index contributed by atoms with van der Waals surface area (Å²) in [6.07, 6.45) is -4.40. The normalized spacial score (nSPS) is 14.8. The number of piperazine rings is 1. The molecule has 28 heavy (non-hydrogen) atoms. The Labute approximate surface area is 160 Å². The van der Waals surface area contributed by atoms with Gasteiger partial charge in [0.05, 0.1) is 17.5 Å². The molecule has 0 aliphatic carbocycles. The van der Waals surface area contributed by atoms with Crippen molar-refractivity contribution < 1.29 is 27.9 Å². The van der Waals surface area contributed by atoms with Gasteiger partial charge in [0.15, 0.2) is 0 Å². The first kappa shape index (κ1) is 19.7. The molecule has 5 nitrogen and oxygen atoms in total. The fraction of sp³-hybridized carbons (Fsp3) is 0.300. The van der Waals surface area contributed by atoms with Gasteiger partial charge >= 0.3 is 6.18 Å². The van der Waals surface area contributed by atoms with Crippen LogP contribution in [0.4, 0.5) is 13.2 Å². The molecule has 0 spiro atoms. The minimum atomic E-state index is -4.40. The highest BCUT2D eigenvalue weighted by Gasteiger charge is 2.30. The van der Waals surface area contributed by atoms with Crippen molar-refractivity contribution in [3.63, 3.8) is 0 Å². The molecule has 2 amide bonds. The van der Waals surface area contributed by atoms with E-state index in [1.165, 1.54) is 18.2 Å². The number of hydrogen-bond donors (Lipinski definition) is 1. The lowest BCUT2D eigenvalue weighted by atomic mass is 10.1. The Hall–Kier alpha value is -3.03. The molecule has 3 rings (SSSR count). The van der Waals surface area contributed by atoms with Gasteiger partial charge in [0, 0.05) is 26.2 Å². The van der Waals surface area contributed by atoms with Crippen molar-refractivity contribution in [3.05, 3.63) is 65.2 Å². The van der Waals surface area contributed by atoms with Crippen molar-refractivity contribution in [1.29, 1.82) is 0 Å². The molecule has 0 unspecified atom stereocenters. The third-order valence-corrected chi connectivity index (χ3v) is 4.69. The van der Waals surface area contributed by atoms with Crippen LogP contribution in [-0.2, 0) is 17.4 Å². The number of nitrogens with zero attached hydrogens (tertiary/aromatic N) is 2. The topological polar surface area (TPSA) is 60.9 Å². The fourth-order valence-electron chi connectivity index (χ4n) is 3.08. The molecule has 1 saturated heterocycles. The van der Waals surface area contributed by atoms with E-state index in [1.807, 2.05) is 0 Å². The number of benzene rings is 2. The molecule has 1 aliphatic heterocycles. The van der Waals surface area contributed by atoms with Gasteiger partial charge in [-0.15, -0.1) is 0 Å². The molecule has 1 N–H and O–H groups in total. The molecule has 1 fully saturated rings. The number of rotatable bonds is 3. The maximum Gasteiger partial charge on any atom is 0.416 e. The third kappa shape index (κ3) is 4.44. The molecule has 0 bridgehead atoms. The number of alkyl halides is 3. The van der Waals surface area contributed by atoms with E-state index in [0.29, 0.717) is 31.7 Å². The highest BCUT2D eigenvalue weighted by atomic mass is 19.4. The van der Waals surface area contributed by atoms with Crippen LogP contribution in [0.1, 0.15) is 21.5 Å². The second-order valence-corrected chi connectivity index (χ2v) is 6.56. The van der Waals surface area contributed by atoms with Gasteiger partial charge in [-0.2, -0.15) is 13.2 Å². The average molecular weight is 392 g/mol. The number of aromatic hydroxyl groups is 1. The second kappa shape index (κ2) is 7.92. The van der Waals surface area contributed by atoms with Crippen molar-refractivity contribution in [3.8, 4) is 5.75 Å². The molecule has 148 valence electrons. The van der Waals surface area contributed by atoms with Crippen LogP contribution in [0.15, 0.2) is 48.5 Å². The van der Waals surface area contributed by atoms with Crippen LogP contribution in [0.25, 0.3) is 0 Å².